The van der Waals surface area contributed by atoms with Gasteiger partial charge in [0.1, 0.15) is 23.9 Å². The van der Waals surface area contributed by atoms with E-state index in [0.29, 0.717) is 51.0 Å². The van der Waals surface area contributed by atoms with Gasteiger partial charge in [0.25, 0.3) is 5.91 Å². The number of pyridine rings is 1. The lowest BCUT2D eigenvalue weighted by molar-refractivity contribution is -0.155. The second-order valence-electron chi connectivity index (χ2n) is 20.0. The van der Waals surface area contributed by atoms with E-state index in [0.717, 1.165) is 44.5 Å². The number of nitrogens with one attached hydrogen (secondary N) is 3. The number of likely N-dealkylation sites (N-methyl/N-ethyl adjacent to an activating group) is 1. The molecule has 4 amide bonds. The van der Waals surface area contributed by atoms with Crippen molar-refractivity contribution < 1.29 is 38.6 Å². The Morgan fingerprint density at radius 1 is 1.07 bits per heavy atom. The quantitative estimate of drug-likeness (QED) is 0.120. The molecule has 8 rings (SSSR count). The maximum absolute atomic E-state index is 14.7. The maximum Gasteiger partial charge on any atom is 0.324 e. The Hall–Kier alpha value is -5.84. The Morgan fingerprint density at radius 2 is 1.84 bits per heavy atom. The second kappa shape index (κ2) is 19.4. The zero-order chi connectivity index (χ0) is 47.9. The molecule has 67 heavy (non-hydrogen) atoms. The number of hydrazine groups is 1. The molecule has 6 bridgehead atoms. The molecule has 0 spiro atoms. The van der Waals surface area contributed by atoms with E-state index < -0.39 is 41.3 Å². The van der Waals surface area contributed by atoms with Crippen LogP contribution in [-0.4, -0.2) is 130 Å². The van der Waals surface area contributed by atoms with E-state index >= 15 is 0 Å². The predicted molar refractivity (Wildman–Crippen MR) is 253 cm³/mol. The highest BCUT2D eigenvalue weighted by molar-refractivity contribution is 5.96. The summed E-state index contributed by atoms with van der Waals surface area (Å²) in [7, 11) is 3.28. The lowest BCUT2D eigenvalue weighted by atomic mass is 9.84. The molecule has 1 unspecified atom stereocenters. The summed E-state index contributed by atoms with van der Waals surface area (Å²) in [6.45, 7) is 14.7. The molecule has 6 heterocycles. The molecule has 358 valence electrons. The SMILES string of the molecule is CCn1c(-c2cccnc2[C@H](C)OC)c2c3cc(ccc31)-c1cc(O)cc(c1)C[C@H](NC(=O)C(C(C)C)N(C)C(=O)CC1CN(C(=O)[C@H]3CN3)C1)C(=O)N1CCC[C@H](N1)C(=O)OCC(C)(C)C2. The van der Waals surface area contributed by atoms with Crippen LogP contribution in [0.3, 0.4) is 0 Å². The third-order valence-electron chi connectivity index (χ3n) is 13.8. The molecule has 2 aromatic carbocycles. The summed E-state index contributed by atoms with van der Waals surface area (Å²) < 4.78 is 14.2. The van der Waals surface area contributed by atoms with Crippen LogP contribution in [-0.2, 0) is 52.8 Å². The fourth-order valence-electron chi connectivity index (χ4n) is 10.1. The largest absolute Gasteiger partial charge is 0.508 e. The first-order chi connectivity index (χ1) is 32.0. The third-order valence-corrected chi connectivity index (χ3v) is 13.8. The minimum absolute atomic E-state index is 0.00302. The van der Waals surface area contributed by atoms with Gasteiger partial charge in [0.05, 0.1) is 30.1 Å². The number of phenols is 1. The van der Waals surface area contributed by atoms with Gasteiger partial charge >= 0.3 is 5.97 Å². The van der Waals surface area contributed by atoms with Gasteiger partial charge in [-0.3, -0.25) is 34.0 Å². The van der Waals surface area contributed by atoms with Crippen molar-refractivity contribution in [3.05, 3.63) is 71.5 Å². The number of benzene rings is 2. The van der Waals surface area contributed by atoms with E-state index in [1.165, 1.54) is 9.91 Å². The average molecular weight is 919 g/mol. The molecule has 0 saturated carbocycles. The van der Waals surface area contributed by atoms with Crippen LogP contribution in [0.25, 0.3) is 33.3 Å². The lowest BCUT2D eigenvalue weighted by Crippen LogP contribution is -2.62. The van der Waals surface area contributed by atoms with Gasteiger partial charge in [-0.25, -0.2) is 5.43 Å². The molecule has 16 nitrogen and oxygen atoms in total. The molecular weight excluding hydrogens is 853 g/mol. The van der Waals surface area contributed by atoms with E-state index in [9.17, 15) is 29.1 Å². The van der Waals surface area contributed by atoms with Crippen molar-refractivity contribution in [3.63, 3.8) is 0 Å². The van der Waals surface area contributed by atoms with Gasteiger partial charge in [-0.15, -0.1) is 0 Å². The van der Waals surface area contributed by atoms with Gasteiger partial charge in [-0.05, 0) is 97.7 Å². The summed E-state index contributed by atoms with van der Waals surface area (Å²) in [4.78, 5) is 77.3. The van der Waals surface area contributed by atoms with Crippen LogP contribution in [0.5, 0.6) is 5.75 Å². The highest BCUT2D eigenvalue weighted by atomic mass is 16.5. The first-order valence-corrected chi connectivity index (χ1v) is 23.8. The van der Waals surface area contributed by atoms with Crippen LogP contribution in [0.1, 0.15) is 83.7 Å². The minimum atomic E-state index is -1.15. The molecule has 0 aliphatic carbocycles. The smallest absolute Gasteiger partial charge is 0.324 e. The minimum Gasteiger partial charge on any atom is -0.508 e. The molecule has 2 aromatic heterocycles. The van der Waals surface area contributed by atoms with Crippen molar-refractivity contribution in [1.82, 2.24) is 40.4 Å². The van der Waals surface area contributed by atoms with Crippen LogP contribution in [0.4, 0.5) is 0 Å². The van der Waals surface area contributed by atoms with Crippen LogP contribution < -0.4 is 16.1 Å². The van der Waals surface area contributed by atoms with Crippen molar-refractivity contribution in [2.24, 2.45) is 17.3 Å². The maximum atomic E-state index is 14.7. The second-order valence-corrected chi connectivity index (χ2v) is 20.0. The zero-order valence-electron chi connectivity index (χ0n) is 40.1. The highest BCUT2D eigenvalue weighted by Crippen LogP contribution is 2.42. The summed E-state index contributed by atoms with van der Waals surface area (Å²) in [5.74, 6) is -1.94. The van der Waals surface area contributed by atoms with Crippen LogP contribution in [0.15, 0.2) is 54.7 Å². The van der Waals surface area contributed by atoms with Gasteiger partial charge in [0.15, 0.2) is 0 Å². The van der Waals surface area contributed by atoms with E-state index in [2.05, 4.69) is 59.6 Å². The molecule has 4 aromatic rings. The van der Waals surface area contributed by atoms with Crippen molar-refractivity contribution in [2.45, 2.75) is 110 Å². The summed E-state index contributed by atoms with van der Waals surface area (Å²) in [5.41, 5.74) is 9.59. The highest BCUT2D eigenvalue weighted by Gasteiger charge is 2.42. The lowest BCUT2D eigenvalue weighted by Gasteiger charge is -2.40. The Bertz CT molecular complexity index is 2540. The monoisotopic (exact) mass is 919 g/mol. The fourth-order valence-corrected chi connectivity index (χ4v) is 10.1. The summed E-state index contributed by atoms with van der Waals surface area (Å²) >= 11 is 0. The molecule has 4 N–H and O–H groups in total. The van der Waals surface area contributed by atoms with Gasteiger partial charge in [0, 0.05) is 93.7 Å². The van der Waals surface area contributed by atoms with Crippen LogP contribution >= 0.6 is 0 Å². The van der Waals surface area contributed by atoms with Gasteiger partial charge < -0.3 is 39.6 Å². The number of nitrogens with zero attached hydrogens (tertiary/aromatic N) is 5. The van der Waals surface area contributed by atoms with E-state index in [-0.39, 0.29) is 67.5 Å². The number of hydrogen-bond donors (Lipinski definition) is 4. The number of carbonyl (C=O) groups is 5. The predicted octanol–water partition coefficient (Wildman–Crippen LogP) is 4.75. The summed E-state index contributed by atoms with van der Waals surface area (Å²) in [6, 6.07) is 12.5. The normalized spacial score (nSPS) is 21.8. The molecule has 5 atom stereocenters. The molecular formula is C51H66N8O8. The van der Waals surface area contributed by atoms with Crippen molar-refractivity contribution in [3.8, 4) is 28.1 Å². The number of likely N-dealkylation sites (tertiary alicyclic amines) is 1. The first-order valence-electron chi connectivity index (χ1n) is 23.8. The topological polar surface area (TPSA) is 198 Å². The number of aryl methyl sites for hydroxylation is 1. The number of phenolic OH excluding ortho intramolecular Hbond substituents is 1. The van der Waals surface area contributed by atoms with E-state index in [1.807, 2.05) is 39.0 Å². The average Bonchev–Trinajstić information content (AvgIpc) is 4.10. The van der Waals surface area contributed by atoms with E-state index in [4.69, 9.17) is 14.5 Å². The Labute approximate surface area is 392 Å². The Kier molecular flexibility index (Phi) is 13.8. The molecule has 4 aliphatic heterocycles. The van der Waals surface area contributed by atoms with Crippen molar-refractivity contribution in [1.29, 1.82) is 0 Å². The van der Waals surface area contributed by atoms with Crippen molar-refractivity contribution >= 4 is 40.5 Å². The number of carbonyl (C=O) groups excluding carboxylic acids is 5. The standard InChI is InChI=1S/C51H66N8O8/c1-9-58-42-15-14-33-23-37(42)38(46(58)36-12-10-16-52-44(36)30(4)66-8)24-51(5,6)28-67-50(65)39-13-11-17-59(55-39)49(64)40(20-31-18-34(33)22-35(60)19-31)54-47(62)45(29(2)3)56(7)43(61)21-32-26-57(27-32)48(63)41-25-53-41/h10,12,14-16,18-19,22-23,29-30,32,39-41,45,53,55,60H,9,11,13,17,20-21,24-28H2,1-8H3,(H,54,62)/t30-,39-,40-,41+,45?/m0/s1. The summed E-state index contributed by atoms with van der Waals surface area (Å²) in [5, 5.41) is 19.8. The number of aromatic hydroxyl groups is 1. The van der Waals surface area contributed by atoms with Gasteiger partial charge in [0.2, 0.25) is 17.7 Å². The number of rotatable bonds is 11. The fraction of sp³-hybridized carbons (Fsp3) is 0.529. The third kappa shape index (κ3) is 10.1. The van der Waals surface area contributed by atoms with E-state index in [1.54, 1.807) is 37.4 Å². The molecule has 3 fully saturated rings. The zero-order valence-corrected chi connectivity index (χ0v) is 40.1. The van der Waals surface area contributed by atoms with Gasteiger partial charge in [-0.2, -0.15) is 0 Å². The number of cyclic esters (lactones) is 1. The van der Waals surface area contributed by atoms with Crippen LogP contribution in [0.2, 0.25) is 0 Å². The number of fused-ring (bicyclic) bond motifs is 6. The number of hydrogen-bond acceptors (Lipinski definition) is 11. The number of esters is 1. The molecule has 0 radical (unpaired) electrons. The first kappa shape index (κ1) is 47.6. The number of aromatic nitrogens is 2. The van der Waals surface area contributed by atoms with Crippen LogP contribution in [0, 0.1) is 17.3 Å². The van der Waals surface area contributed by atoms with Crippen molar-refractivity contribution in [2.75, 3.05) is 46.9 Å². The number of methoxy groups -OCH3 is 1. The molecule has 3 saturated heterocycles. The molecule has 4 aliphatic rings. The van der Waals surface area contributed by atoms with Gasteiger partial charge in [-0.1, -0.05) is 39.8 Å². The Balaban J connectivity index is 1.16. The Morgan fingerprint density at radius 3 is 2.54 bits per heavy atom. The number of amides is 4. The summed E-state index contributed by atoms with van der Waals surface area (Å²) in [6.07, 6.45) is 3.19. The molecule has 16 heteroatoms. The number of ether oxygens (including phenoxy) is 2.